The maximum Gasteiger partial charge on any atom is 0.0583 e. The first-order valence-electron chi connectivity index (χ1n) is 11.7. The van der Waals surface area contributed by atoms with Crippen LogP contribution in [-0.2, 0) is 4.74 Å². The van der Waals surface area contributed by atoms with E-state index in [0.717, 1.165) is 32.3 Å². The maximum absolute atomic E-state index is 10.0. The average molecular weight is 387 g/mol. The summed E-state index contributed by atoms with van der Waals surface area (Å²) >= 11 is 0. The molecule has 3 aliphatic carbocycles. The molecule has 3 rings (SSSR count). The van der Waals surface area contributed by atoms with Crippen LogP contribution >= 0.6 is 0 Å². The minimum Gasteiger partial charge on any atom is -0.393 e. The highest BCUT2D eigenvalue weighted by Gasteiger charge is 2.51. The predicted octanol–water partition coefficient (Wildman–Crippen LogP) is 6.61. The maximum atomic E-state index is 10.0. The molecular weight excluding hydrogens is 344 g/mol. The minimum atomic E-state index is -0.188. The van der Waals surface area contributed by atoms with Gasteiger partial charge in [-0.2, -0.15) is 0 Å². The van der Waals surface area contributed by atoms with E-state index in [4.69, 9.17) is 4.74 Å². The van der Waals surface area contributed by atoms with Crippen LogP contribution < -0.4 is 0 Å². The van der Waals surface area contributed by atoms with E-state index >= 15 is 0 Å². The molecule has 3 aliphatic rings. The van der Waals surface area contributed by atoms with Gasteiger partial charge < -0.3 is 9.84 Å². The van der Waals surface area contributed by atoms with Gasteiger partial charge in [-0.1, -0.05) is 50.6 Å². The average Bonchev–Trinajstić information content (AvgIpc) is 2.99. The highest BCUT2D eigenvalue weighted by atomic mass is 16.5. The number of aliphatic hydroxyl groups excluding tert-OH is 1. The Kier molecular flexibility index (Phi) is 7.26. The molecule has 3 saturated carbocycles. The van der Waals surface area contributed by atoms with Gasteiger partial charge in [-0.05, 0) is 93.5 Å². The van der Waals surface area contributed by atoms with Crippen molar-refractivity contribution in [1.29, 1.82) is 0 Å². The Morgan fingerprint density at radius 3 is 2.71 bits per heavy atom. The van der Waals surface area contributed by atoms with Crippen LogP contribution in [0.2, 0.25) is 0 Å². The monoisotopic (exact) mass is 386 g/mol. The predicted molar refractivity (Wildman–Crippen MR) is 118 cm³/mol. The molecule has 0 aliphatic heterocycles. The largest absolute Gasteiger partial charge is 0.393 e. The molecule has 0 saturated heterocycles. The molecule has 0 aromatic carbocycles. The van der Waals surface area contributed by atoms with Crippen molar-refractivity contribution in [1.82, 2.24) is 0 Å². The molecule has 28 heavy (non-hydrogen) atoms. The third-order valence-corrected chi connectivity index (χ3v) is 7.87. The summed E-state index contributed by atoms with van der Waals surface area (Å²) in [4.78, 5) is 0. The van der Waals surface area contributed by atoms with E-state index in [1.807, 2.05) is 0 Å². The van der Waals surface area contributed by atoms with Crippen LogP contribution in [0, 0.1) is 23.2 Å². The van der Waals surface area contributed by atoms with Crippen molar-refractivity contribution in [3.63, 3.8) is 0 Å². The van der Waals surface area contributed by atoms with Crippen LogP contribution in [0.15, 0.2) is 35.5 Å². The van der Waals surface area contributed by atoms with Gasteiger partial charge in [0.2, 0.25) is 0 Å². The standard InChI is InChI=1S/C26H42O2/c1-18(2)14-16-28-20(4)24-12-13-25-21(7-6-15-26(24,25)5)9-10-22-17-23(27)11-8-19(22)3/h9-10,18,20,23-25,27H,3,6-8,11-17H2,1-2,4-5H3/t20-,23-,24+,25?,26+/m0/s1. The molecule has 1 unspecified atom stereocenters. The van der Waals surface area contributed by atoms with Crippen molar-refractivity contribution < 1.29 is 9.84 Å². The molecule has 158 valence electrons. The summed E-state index contributed by atoms with van der Waals surface area (Å²) in [5.41, 5.74) is 4.49. The van der Waals surface area contributed by atoms with Gasteiger partial charge in [0.05, 0.1) is 12.2 Å². The summed E-state index contributed by atoms with van der Waals surface area (Å²) in [5, 5.41) is 10.0. The molecule has 0 amide bonds. The molecule has 1 N–H and O–H groups in total. The molecular formula is C26H42O2. The Bertz CT molecular complexity index is 614. The number of hydrogen-bond donors (Lipinski definition) is 1. The molecule has 2 heteroatoms. The van der Waals surface area contributed by atoms with Crippen LogP contribution in [0.5, 0.6) is 0 Å². The van der Waals surface area contributed by atoms with E-state index in [-0.39, 0.29) is 6.10 Å². The van der Waals surface area contributed by atoms with Crippen molar-refractivity contribution in [2.75, 3.05) is 6.61 Å². The zero-order valence-electron chi connectivity index (χ0n) is 18.7. The van der Waals surface area contributed by atoms with E-state index in [9.17, 15) is 5.11 Å². The van der Waals surface area contributed by atoms with Gasteiger partial charge >= 0.3 is 0 Å². The minimum absolute atomic E-state index is 0.188. The van der Waals surface area contributed by atoms with Crippen molar-refractivity contribution in [3.8, 4) is 0 Å². The third kappa shape index (κ3) is 4.82. The van der Waals surface area contributed by atoms with Gasteiger partial charge in [0.15, 0.2) is 0 Å². The molecule has 5 atom stereocenters. The fraction of sp³-hybridized carbons (Fsp3) is 0.769. The third-order valence-electron chi connectivity index (χ3n) is 7.87. The topological polar surface area (TPSA) is 29.5 Å². The lowest BCUT2D eigenvalue weighted by Gasteiger charge is -2.44. The van der Waals surface area contributed by atoms with Crippen molar-refractivity contribution in [2.45, 2.75) is 97.7 Å². The molecule has 0 bridgehead atoms. The van der Waals surface area contributed by atoms with Crippen LogP contribution in [0.4, 0.5) is 0 Å². The fourth-order valence-electron chi connectivity index (χ4n) is 6.05. The van der Waals surface area contributed by atoms with Gasteiger partial charge in [-0.25, -0.2) is 0 Å². The van der Waals surface area contributed by atoms with Gasteiger partial charge in [0.25, 0.3) is 0 Å². The van der Waals surface area contributed by atoms with E-state index in [0.29, 0.717) is 29.3 Å². The van der Waals surface area contributed by atoms with Crippen LogP contribution in [0.25, 0.3) is 0 Å². The lowest BCUT2D eigenvalue weighted by molar-refractivity contribution is -0.0279. The van der Waals surface area contributed by atoms with Crippen LogP contribution in [0.3, 0.4) is 0 Å². The zero-order valence-corrected chi connectivity index (χ0v) is 18.7. The van der Waals surface area contributed by atoms with Gasteiger partial charge in [-0.3, -0.25) is 0 Å². The number of hydrogen-bond acceptors (Lipinski definition) is 2. The second-order valence-electron chi connectivity index (χ2n) is 10.3. The zero-order chi connectivity index (χ0) is 20.3. The lowest BCUT2D eigenvalue weighted by atomic mass is 9.62. The number of allylic oxidation sites excluding steroid dienone is 4. The van der Waals surface area contributed by atoms with Crippen LogP contribution in [-0.4, -0.2) is 23.9 Å². The Labute approximate surface area is 173 Å². The van der Waals surface area contributed by atoms with Crippen molar-refractivity contribution in [3.05, 3.63) is 35.5 Å². The van der Waals surface area contributed by atoms with Crippen molar-refractivity contribution >= 4 is 0 Å². The van der Waals surface area contributed by atoms with E-state index in [2.05, 4.69) is 46.4 Å². The second kappa shape index (κ2) is 9.30. The summed E-state index contributed by atoms with van der Waals surface area (Å²) < 4.78 is 6.30. The first-order chi connectivity index (χ1) is 13.3. The van der Waals surface area contributed by atoms with Gasteiger partial charge in [-0.15, -0.1) is 0 Å². The Morgan fingerprint density at radius 2 is 1.96 bits per heavy atom. The molecule has 0 aromatic heterocycles. The van der Waals surface area contributed by atoms with E-state index < -0.39 is 0 Å². The fourth-order valence-corrected chi connectivity index (χ4v) is 6.05. The number of ether oxygens (including phenoxy) is 1. The normalized spacial score (nSPS) is 37.6. The summed E-state index contributed by atoms with van der Waals surface area (Å²) in [5.74, 6) is 2.08. The van der Waals surface area contributed by atoms with E-state index in [1.54, 1.807) is 5.57 Å². The van der Waals surface area contributed by atoms with Gasteiger partial charge in [0, 0.05) is 6.61 Å². The molecule has 2 nitrogen and oxygen atoms in total. The smallest absolute Gasteiger partial charge is 0.0583 e. The number of fused-ring (bicyclic) bond motifs is 1. The Morgan fingerprint density at radius 1 is 1.18 bits per heavy atom. The number of rotatable bonds is 6. The Balaban J connectivity index is 1.70. The molecule has 0 aromatic rings. The van der Waals surface area contributed by atoms with E-state index in [1.165, 1.54) is 43.3 Å². The highest BCUT2D eigenvalue weighted by Crippen LogP contribution is 2.58. The van der Waals surface area contributed by atoms with Crippen LogP contribution in [0.1, 0.15) is 85.5 Å². The molecule has 3 fully saturated rings. The van der Waals surface area contributed by atoms with Gasteiger partial charge in [0.1, 0.15) is 0 Å². The Hall–Kier alpha value is -0.860. The molecule has 0 radical (unpaired) electrons. The summed E-state index contributed by atoms with van der Waals surface area (Å²) in [6.45, 7) is 14.5. The first kappa shape index (κ1) is 21.8. The summed E-state index contributed by atoms with van der Waals surface area (Å²) in [7, 11) is 0. The molecule has 0 spiro atoms. The lowest BCUT2D eigenvalue weighted by Crippen LogP contribution is -2.38. The number of aliphatic hydroxyl groups is 1. The first-order valence-corrected chi connectivity index (χ1v) is 11.7. The molecule has 0 heterocycles. The quantitative estimate of drug-likeness (QED) is 0.556. The van der Waals surface area contributed by atoms with Crippen molar-refractivity contribution in [2.24, 2.45) is 23.2 Å². The highest BCUT2D eigenvalue weighted by molar-refractivity contribution is 5.36. The summed E-state index contributed by atoms with van der Waals surface area (Å²) in [6, 6.07) is 0. The summed E-state index contributed by atoms with van der Waals surface area (Å²) in [6.07, 6.45) is 15.0. The second-order valence-corrected chi connectivity index (χ2v) is 10.3. The SMILES string of the molecule is C=C1CC[C@H](O)CC1=CC=C1CCC[C@@]2(C)C1CC[C@@H]2[C@H](C)OCCC(C)C.